The number of hydrogen-bond acceptors (Lipinski definition) is 1. The first-order valence-electron chi connectivity index (χ1n) is 9.78. The van der Waals surface area contributed by atoms with Crippen LogP contribution in [0.15, 0.2) is 17.7 Å². The van der Waals surface area contributed by atoms with Crippen molar-refractivity contribution in [2.45, 2.75) is 78.1 Å². The Morgan fingerprint density at radius 3 is 2.74 bits per heavy atom. The molecule has 0 amide bonds. The highest BCUT2D eigenvalue weighted by molar-refractivity contribution is 5.49. The number of carbonyl (C=O) groups is 1. The van der Waals surface area contributed by atoms with Crippen LogP contribution in [-0.2, 0) is 4.79 Å². The van der Waals surface area contributed by atoms with E-state index in [0.29, 0.717) is 5.41 Å². The van der Waals surface area contributed by atoms with Crippen molar-refractivity contribution < 1.29 is 4.79 Å². The zero-order chi connectivity index (χ0) is 16.3. The van der Waals surface area contributed by atoms with Gasteiger partial charge in [-0.15, -0.1) is 0 Å². The number of carbonyl (C=O) groups excluding carboxylic acids is 1. The topological polar surface area (TPSA) is 17.1 Å². The summed E-state index contributed by atoms with van der Waals surface area (Å²) in [7, 11) is 0. The summed E-state index contributed by atoms with van der Waals surface area (Å²) < 4.78 is 0. The van der Waals surface area contributed by atoms with E-state index in [4.69, 9.17) is 0 Å². The summed E-state index contributed by atoms with van der Waals surface area (Å²) in [5.74, 6) is 4.06. The van der Waals surface area contributed by atoms with Crippen molar-refractivity contribution in [2.24, 2.45) is 29.1 Å². The van der Waals surface area contributed by atoms with Crippen LogP contribution in [0.4, 0.5) is 0 Å². The lowest BCUT2D eigenvalue weighted by atomic mass is 9.79. The lowest BCUT2D eigenvalue weighted by Crippen LogP contribution is -2.18. The Morgan fingerprint density at radius 2 is 2.09 bits per heavy atom. The highest BCUT2D eigenvalue weighted by atomic mass is 16.1. The van der Waals surface area contributed by atoms with Gasteiger partial charge in [-0.05, 0) is 86.5 Å². The zero-order valence-corrected chi connectivity index (χ0v) is 15.0. The molecule has 0 N–H and O–H groups in total. The molecule has 0 spiro atoms. The Morgan fingerprint density at radius 1 is 1.26 bits per heavy atom. The molecule has 4 rings (SSSR count). The van der Waals surface area contributed by atoms with E-state index in [1.54, 1.807) is 5.57 Å². The molecule has 2 bridgehead atoms. The first-order chi connectivity index (χ1) is 11.1. The third-order valence-electron chi connectivity index (χ3n) is 6.66. The van der Waals surface area contributed by atoms with E-state index >= 15 is 0 Å². The van der Waals surface area contributed by atoms with Gasteiger partial charge in [-0.3, -0.25) is 0 Å². The molecule has 1 heteroatoms. The SMILES string of the molecule is CC1(C)C[C]=CCC1.O=CCC/C=C1\CC2CC1C1CCCC21. The molecular formula is C22H33O. The molecule has 127 valence electrons. The molecule has 0 aromatic rings. The molecular weight excluding hydrogens is 280 g/mol. The maximum atomic E-state index is 10.3. The van der Waals surface area contributed by atoms with Crippen molar-refractivity contribution in [1.82, 2.24) is 0 Å². The Labute approximate surface area is 142 Å². The predicted molar refractivity (Wildman–Crippen MR) is 95.9 cm³/mol. The summed E-state index contributed by atoms with van der Waals surface area (Å²) in [5, 5.41) is 0. The Kier molecular flexibility index (Phi) is 5.44. The number of hydrogen-bond donors (Lipinski definition) is 0. The standard InChI is InChI=1S/C14H20O.C8H13/c15-7-2-1-4-10-8-11-9-14(10)13-6-3-5-12(11)13;1-8(2)6-4-3-5-7-8/h4,7,11-14H,1-3,5-6,8-9H2;3H,4,6-7H2,1-2H3/b10-4+;. The molecule has 23 heavy (non-hydrogen) atoms. The lowest BCUT2D eigenvalue weighted by molar-refractivity contribution is -0.107. The summed E-state index contributed by atoms with van der Waals surface area (Å²) in [6.45, 7) is 4.60. The number of aldehydes is 1. The normalized spacial score (nSPS) is 38.3. The van der Waals surface area contributed by atoms with Crippen LogP contribution in [0.5, 0.6) is 0 Å². The molecule has 0 saturated heterocycles. The largest absolute Gasteiger partial charge is 0.303 e. The van der Waals surface area contributed by atoms with Gasteiger partial charge in [0.05, 0.1) is 0 Å². The molecule has 0 heterocycles. The maximum Gasteiger partial charge on any atom is 0.120 e. The average Bonchev–Trinajstić information content (AvgIpc) is 3.20. The van der Waals surface area contributed by atoms with E-state index in [-0.39, 0.29) is 0 Å². The number of rotatable bonds is 3. The third kappa shape index (κ3) is 3.98. The molecule has 4 unspecified atom stereocenters. The minimum atomic E-state index is 0.536. The predicted octanol–water partition coefficient (Wildman–Crippen LogP) is 5.90. The van der Waals surface area contributed by atoms with Crippen LogP contribution in [-0.4, -0.2) is 6.29 Å². The Bertz CT molecular complexity index is 470. The smallest absolute Gasteiger partial charge is 0.120 e. The van der Waals surface area contributed by atoms with E-state index in [1.165, 1.54) is 44.9 Å². The van der Waals surface area contributed by atoms with Crippen molar-refractivity contribution in [3.05, 3.63) is 23.8 Å². The molecule has 1 radical (unpaired) electrons. The molecule has 0 aliphatic heterocycles. The van der Waals surface area contributed by atoms with Crippen molar-refractivity contribution in [3.63, 3.8) is 0 Å². The molecule has 1 nitrogen and oxygen atoms in total. The van der Waals surface area contributed by atoms with Crippen LogP contribution in [0, 0.1) is 35.2 Å². The van der Waals surface area contributed by atoms with Gasteiger partial charge in [-0.1, -0.05) is 38.0 Å². The van der Waals surface area contributed by atoms with Gasteiger partial charge in [0.15, 0.2) is 0 Å². The number of fused-ring (bicyclic) bond motifs is 5. The molecule has 3 fully saturated rings. The first-order valence-corrected chi connectivity index (χ1v) is 9.78. The molecule has 4 aliphatic carbocycles. The minimum absolute atomic E-state index is 0.536. The molecule has 0 aromatic carbocycles. The summed E-state index contributed by atoms with van der Waals surface area (Å²) in [6.07, 6.45) is 21.6. The van der Waals surface area contributed by atoms with Crippen molar-refractivity contribution in [2.75, 3.05) is 0 Å². The van der Waals surface area contributed by atoms with Crippen LogP contribution in [0.2, 0.25) is 0 Å². The number of allylic oxidation sites excluding steroid dienone is 4. The summed E-state index contributed by atoms with van der Waals surface area (Å²) in [4.78, 5) is 10.3. The molecule has 3 saturated carbocycles. The van der Waals surface area contributed by atoms with Gasteiger partial charge < -0.3 is 4.79 Å². The van der Waals surface area contributed by atoms with Crippen LogP contribution in [0.3, 0.4) is 0 Å². The summed E-state index contributed by atoms with van der Waals surface area (Å²) >= 11 is 0. The van der Waals surface area contributed by atoms with Crippen LogP contribution >= 0.6 is 0 Å². The van der Waals surface area contributed by atoms with E-state index < -0.39 is 0 Å². The molecule has 4 atom stereocenters. The second-order valence-electron chi connectivity index (χ2n) is 8.88. The van der Waals surface area contributed by atoms with Crippen molar-refractivity contribution in [3.8, 4) is 0 Å². The Balaban J connectivity index is 0.000000166. The van der Waals surface area contributed by atoms with E-state index in [2.05, 4.69) is 32.1 Å². The zero-order valence-electron chi connectivity index (χ0n) is 15.0. The van der Waals surface area contributed by atoms with E-state index in [1.807, 2.05) is 0 Å². The fourth-order valence-corrected chi connectivity index (χ4v) is 5.47. The highest BCUT2D eigenvalue weighted by Gasteiger charge is 2.51. The van der Waals surface area contributed by atoms with Gasteiger partial charge >= 0.3 is 0 Å². The van der Waals surface area contributed by atoms with Crippen molar-refractivity contribution >= 4 is 6.29 Å². The lowest BCUT2D eigenvalue weighted by Gasteiger charge is -2.26. The van der Waals surface area contributed by atoms with Crippen LogP contribution < -0.4 is 0 Å². The number of unbranched alkanes of at least 4 members (excludes halogenated alkanes) is 1. The Hall–Kier alpha value is -0.850. The maximum absolute atomic E-state index is 10.3. The van der Waals surface area contributed by atoms with E-state index in [0.717, 1.165) is 49.2 Å². The second-order valence-corrected chi connectivity index (χ2v) is 8.88. The fraction of sp³-hybridized carbons (Fsp3) is 0.773. The van der Waals surface area contributed by atoms with E-state index in [9.17, 15) is 4.79 Å². The van der Waals surface area contributed by atoms with Gasteiger partial charge in [-0.25, -0.2) is 0 Å². The van der Waals surface area contributed by atoms with Gasteiger partial charge in [0.25, 0.3) is 0 Å². The van der Waals surface area contributed by atoms with Gasteiger partial charge in [-0.2, -0.15) is 0 Å². The summed E-state index contributed by atoms with van der Waals surface area (Å²) in [6, 6.07) is 0. The van der Waals surface area contributed by atoms with Gasteiger partial charge in [0.2, 0.25) is 0 Å². The quantitative estimate of drug-likeness (QED) is 0.360. The second kappa shape index (κ2) is 7.36. The third-order valence-corrected chi connectivity index (χ3v) is 6.66. The minimum Gasteiger partial charge on any atom is -0.303 e. The van der Waals surface area contributed by atoms with Crippen molar-refractivity contribution in [1.29, 1.82) is 0 Å². The van der Waals surface area contributed by atoms with Crippen LogP contribution in [0.1, 0.15) is 78.1 Å². The molecule has 0 aromatic heterocycles. The van der Waals surface area contributed by atoms with Gasteiger partial charge in [0, 0.05) is 6.42 Å². The average molecular weight is 314 g/mol. The fourth-order valence-electron chi connectivity index (χ4n) is 5.47. The highest BCUT2D eigenvalue weighted by Crippen LogP contribution is 2.60. The van der Waals surface area contributed by atoms with Gasteiger partial charge in [0.1, 0.15) is 6.29 Å². The monoisotopic (exact) mass is 313 g/mol. The molecule has 4 aliphatic rings. The summed E-state index contributed by atoms with van der Waals surface area (Å²) in [5.41, 5.74) is 2.25. The van der Waals surface area contributed by atoms with Crippen LogP contribution in [0.25, 0.3) is 0 Å². The first kappa shape index (κ1) is 17.0.